The Labute approximate surface area is 130 Å². The van der Waals surface area contributed by atoms with Gasteiger partial charge in [-0.3, -0.25) is 0 Å². The Bertz CT molecular complexity index is 524. The van der Waals surface area contributed by atoms with E-state index >= 15 is 0 Å². The maximum Gasteiger partial charge on any atom is 0.273 e. The number of rotatable bonds is 9. The van der Waals surface area contributed by atoms with Crippen molar-refractivity contribution < 1.29 is 17.6 Å². The topological polar surface area (TPSA) is 80.6 Å². The fourth-order valence-corrected chi connectivity index (χ4v) is 4.40. The van der Waals surface area contributed by atoms with E-state index < -0.39 is 10.0 Å². The minimum absolute atomic E-state index is 0.0194. The van der Waals surface area contributed by atoms with Gasteiger partial charge in [-0.1, -0.05) is 0 Å². The largest absolute Gasteiger partial charge is 0.447 e. The van der Waals surface area contributed by atoms with Crippen LogP contribution in [0.5, 0.6) is 0 Å². The van der Waals surface area contributed by atoms with Gasteiger partial charge in [-0.25, -0.2) is 13.1 Å². The summed E-state index contributed by atoms with van der Waals surface area (Å²) in [4.78, 5) is 0. The highest BCUT2D eigenvalue weighted by Crippen LogP contribution is 2.25. The molecular weight excluding hydrogens is 312 g/mol. The van der Waals surface area contributed by atoms with Gasteiger partial charge < -0.3 is 14.5 Å². The van der Waals surface area contributed by atoms with Gasteiger partial charge in [-0.15, -0.1) is 0 Å². The maximum absolute atomic E-state index is 12.1. The molecule has 0 spiro atoms. The summed E-state index contributed by atoms with van der Waals surface area (Å²) < 4.78 is 37.2. The number of hydrogen-bond acceptors (Lipinski definition) is 6. The summed E-state index contributed by atoms with van der Waals surface area (Å²) in [6.07, 6.45) is 2.23. The first kappa shape index (κ1) is 16.8. The zero-order valence-electron chi connectivity index (χ0n) is 12.1. The zero-order chi connectivity index (χ0) is 15.1. The molecule has 2 rings (SSSR count). The van der Waals surface area contributed by atoms with Gasteiger partial charge >= 0.3 is 0 Å². The molecule has 1 unspecified atom stereocenters. The standard InChI is InChI=1S/C13H22N2O4S2/c1-18-7-6-14-9-11-4-5-13(19-11)21(16,17)15-10-12-3-2-8-20-12/h4-5,12,14-15H,2-3,6-10H2,1H3. The van der Waals surface area contributed by atoms with E-state index in [4.69, 9.17) is 9.15 Å². The fourth-order valence-electron chi connectivity index (χ4n) is 2.06. The maximum atomic E-state index is 12.1. The number of hydrogen-bond donors (Lipinski definition) is 2. The van der Waals surface area contributed by atoms with Crippen LogP contribution in [0.2, 0.25) is 0 Å². The second-order valence-electron chi connectivity index (χ2n) is 4.88. The summed E-state index contributed by atoms with van der Waals surface area (Å²) >= 11 is 1.82. The Morgan fingerprint density at radius 1 is 1.48 bits per heavy atom. The molecule has 120 valence electrons. The highest BCUT2D eigenvalue weighted by molar-refractivity contribution is 8.00. The quantitative estimate of drug-likeness (QED) is 0.660. The fraction of sp³-hybridized carbons (Fsp3) is 0.692. The number of methoxy groups -OCH3 is 1. The van der Waals surface area contributed by atoms with Gasteiger partial charge in [0.1, 0.15) is 5.76 Å². The molecule has 0 bridgehead atoms. The van der Waals surface area contributed by atoms with Crippen LogP contribution >= 0.6 is 11.8 Å². The molecule has 0 aliphatic carbocycles. The first-order valence-electron chi connectivity index (χ1n) is 7.01. The molecule has 2 N–H and O–H groups in total. The molecule has 6 nitrogen and oxygen atoms in total. The Kier molecular flexibility index (Phi) is 6.56. The Balaban J connectivity index is 1.83. The molecule has 1 saturated heterocycles. The van der Waals surface area contributed by atoms with Gasteiger partial charge in [0.15, 0.2) is 0 Å². The summed E-state index contributed by atoms with van der Waals surface area (Å²) in [5, 5.41) is 3.47. The molecule has 1 fully saturated rings. The summed E-state index contributed by atoms with van der Waals surface area (Å²) in [5.74, 6) is 1.71. The zero-order valence-corrected chi connectivity index (χ0v) is 13.8. The molecule has 1 atom stereocenters. The van der Waals surface area contributed by atoms with E-state index in [1.165, 1.54) is 6.07 Å². The van der Waals surface area contributed by atoms with Crippen LogP contribution in [-0.4, -0.2) is 46.2 Å². The molecule has 1 aliphatic heterocycles. The Hall–Kier alpha value is -0.540. The molecule has 21 heavy (non-hydrogen) atoms. The van der Waals surface area contributed by atoms with Crippen molar-refractivity contribution in [2.45, 2.75) is 29.7 Å². The average Bonchev–Trinajstić information content (AvgIpc) is 3.13. The summed E-state index contributed by atoms with van der Waals surface area (Å²) in [6.45, 7) is 2.25. The van der Waals surface area contributed by atoms with Gasteiger partial charge in [0.05, 0.1) is 13.2 Å². The Morgan fingerprint density at radius 3 is 3.05 bits per heavy atom. The molecule has 1 aliphatic rings. The van der Waals surface area contributed by atoms with E-state index in [0.29, 0.717) is 37.3 Å². The smallest absolute Gasteiger partial charge is 0.273 e. The van der Waals surface area contributed by atoms with Gasteiger partial charge in [-0.2, -0.15) is 11.8 Å². The van der Waals surface area contributed by atoms with Gasteiger partial charge in [0, 0.05) is 25.4 Å². The highest BCUT2D eigenvalue weighted by atomic mass is 32.2. The minimum atomic E-state index is -3.54. The lowest BCUT2D eigenvalue weighted by Gasteiger charge is -2.09. The molecule has 0 radical (unpaired) electrons. The van der Waals surface area contributed by atoms with Crippen molar-refractivity contribution in [3.05, 3.63) is 17.9 Å². The molecule has 0 amide bonds. The van der Waals surface area contributed by atoms with Crippen LogP contribution in [0.25, 0.3) is 0 Å². The molecule has 1 aromatic rings. The third kappa shape index (κ3) is 5.30. The lowest BCUT2D eigenvalue weighted by atomic mass is 10.2. The second kappa shape index (κ2) is 8.19. The van der Waals surface area contributed by atoms with Crippen molar-refractivity contribution in [1.29, 1.82) is 0 Å². The first-order chi connectivity index (χ1) is 10.1. The number of furan rings is 1. The molecular formula is C13H22N2O4S2. The van der Waals surface area contributed by atoms with Crippen LogP contribution in [0.1, 0.15) is 18.6 Å². The number of thioether (sulfide) groups is 1. The Morgan fingerprint density at radius 2 is 2.33 bits per heavy atom. The summed E-state index contributed by atoms with van der Waals surface area (Å²) in [5.41, 5.74) is 0. The highest BCUT2D eigenvalue weighted by Gasteiger charge is 2.22. The number of sulfonamides is 1. The predicted octanol–water partition coefficient (Wildman–Crippen LogP) is 1.19. The predicted molar refractivity (Wildman–Crippen MR) is 83.0 cm³/mol. The number of ether oxygens (including phenoxy) is 1. The van der Waals surface area contributed by atoms with Gasteiger partial charge in [0.2, 0.25) is 5.09 Å². The van der Waals surface area contributed by atoms with Crippen LogP contribution in [0.15, 0.2) is 21.6 Å². The van der Waals surface area contributed by atoms with E-state index in [0.717, 1.165) is 18.6 Å². The third-order valence-corrected chi connectivity index (χ3v) is 5.90. The molecule has 1 aromatic heterocycles. The van der Waals surface area contributed by atoms with Crippen molar-refractivity contribution >= 4 is 21.8 Å². The van der Waals surface area contributed by atoms with Crippen molar-refractivity contribution in [3.63, 3.8) is 0 Å². The van der Waals surface area contributed by atoms with Crippen molar-refractivity contribution in [1.82, 2.24) is 10.0 Å². The van der Waals surface area contributed by atoms with Crippen LogP contribution in [0, 0.1) is 0 Å². The van der Waals surface area contributed by atoms with E-state index in [1.807, 2.05) is 11.8 Å². The molecule has 0 aromatic carbocycles. The van der Waals surface area contributed by atoms with Gasteiger partial charge in [0.25, 0.3) is 10.0 Å². The summed E-state index contributed by atoms with van der Waals surface area (Å²) in [7, 11) is -1.91. The number of nitrogens with one attached hydrogen (secondary N) is 2. The lowest BCUT2D eigenvalue weighted by molar-refractivity contribution is 0.198. The van der Waals surface area contributed by atoms with Crippen LogP contribution in [0.4, 0.5) is 0 Å². The summed E-state index contributed by atoms with van der Waals surface area (Å²) in [6, 6.07) is 3.18. The van der Waals surface area contributed by atoms with Crippen LogP contribution in [-0.2, 0) is 21.3 Å². The lowest BCUT2D eigenvalue weighted by Crippen LogP contribution is -2.29. The molecule has 0 saturated carbocycles. The molecule has 2 heterocycles. The van der Waals surface area contributed by atoms with E-state index in [1.54, 1.807) is 13.2 Å². The van der Waals surface area contributed by atoms with Crippen LogP contribution in [0.3, 0.4) is 0 Å². The third-order valence-electron chi connectivity index (χ3n) is 3.21. The normalized spacial score (nSPS) is 19.2. The molecule has 8 heteroatoms. The SMILES string of the molecule is COCCNCc1ccc(S(=O)(=O)NCC2CCCS2)o1. The van der Waals surface area contributed by atoms with Crippen molar-refractivity contribution in [2.75, 3.05) is 32.6 Å². The van der Waals surface area contributed by atoms with Crippen molar-refractivity contribution in [3.8, 4) is 0 Å². The monoisotopic (exact) mass is 334 g/mol. The minimum Gasteiger partial charge on any atom is -0.447 e. The second-order valence-corrected chi connectivity index (χ2v) is 7.98. The van der Waals surface area contributed by atoms with E-state index in [-0.39, 0.29) is 5.09 Å². The van der Waals surface area contributed by atoms with Crippen molar-refractivity contribution in [2.24, 2.45) is 0 Å². The van der Waals surface area contributed by atoms with E-state index in [2.05, 4.69) is 10.0 Å². The van der Waals surface area contributed by atoms with Crippen LogP contribution < -0.4 is 10.0 Å². The average molecular weight is 334 g/mol. The first-order valence-corrected chi connectivity index (χ1v) is 9.54. The van der Waals surface area contributed by atoms with E-state index in [9.17, 15) is 8.42 Å². The van der Waals surface area contributed by atoms with Gasteiger partial charge in [-0.05, 0) is 30.7 Å².